The molecule has 0 atom stereocenters. The van der Waals surface area contributed by atoms with Gasteiger partial charge in [-0.25, -0.2) is 4.98 Å². The van der Waals surface area contributed by atoms with Gasteiger partial charge in [0.1, 0.15) is 4.60 Å². The average Bonchev–Trinajstić information content (AvgIpc) is 2.37. The number of halogens is 1. The molecule has 4 nitrogen and oxygen atoms in total. The van der Waals surface area contributed by atoms with Gasteiger partial charge in [0.15, 0.2) is 0 Å². The number of rotatable bonds is 3. The molecule has 17 heavy (non-hydrogen) atoms. The van der Waals surface area contributed by atoms with Gasteiger partial charge < -0.3 is 5.32 Å². The number of hydrogen-bond acceptors (Lipinski definition) is 3. The van der Waals surface area contributed by atoms with Crippen LogP contribution in [0.5, 0.6) is 0 Å². The van der Waals surface area contributed by atoms with Crippen molar-refractivity contribution in [2.45, 2.75) is 6.54 Å². The molecular formula is C12H10BrN3O. The van der Waals surface area contributed by atoms with Crippen LogP contribution in [-0.4, -0.2) is 15.9 Å². The minimum absolute atomic E-state index is 0.130. The molecule has 0 aromatic carbocycles. The molecule has 0 spiro atoms. The zero-order chi connectivity index (χ0) is 12.1. The lowest BCUT2D eigenvalue weighted by atomic mass is 10.2. The van der Waals surface area contributed by atoms with E-state index in [1.54, 1.807) is 24.5 Å². The van der Waals surface area contributed by atoms with Crippen molar-refractivity contribution in [3.05, 3.63) is 58.6 Å². The Bertz CT molecular complexity index is 516. The van der Waals surface area contributed by atoms with E-state index in [1.165, 1.54) is 0 Å². The molecule has 1 amide bonds. The quantitative estimate of drug-likeness (QED) is 0.882. The summed E-state index contributed by atoms with van der Waals surface area (Å²) in [6, 6.07) is 8.92. The number of carbonyl (C=O) groups is 1. The van der Waals surface area contributed by atoms with Gasteiger partial charge in [-0.05, 0) is 40.2 Å². The molecule has 0 unspecified atom stereocenters. The second-order valence-corrected chi connectivity index (χ2v) is 4.18. The Kier molecular flexibility index (Phi) is 3.82. The van der Waals surface area contributed by atoms with Crippen LogP contribution in [0.15, 0.2) is 47.3 Å². The smallest absolute Gasteiger partial charge is 0.251 e. The lowest BCUT2D eigenvalue weighted by Crippen LogP contribution is -2.23. The van der Waals surface area contributed by atoms with Gasteiger partial charge in [-0.3, -0.25) is 9.78 Å². The minimum Gasteiger partial charge on any atom is -0.346 e. The number of hydrogen-bond donors (Lipinski definition) is 1. The summed E-state index contributed by atoms with van der Waals surface area (Å²) in [4.78, 5) is 19.8. The summed E-state index contributed by atoms with van der Waals surface area (Å²) in [5, 5.41) is 2.79. The fraction of sp³-hybridized carbons (Fsp3) is 0.0833. The van der Waals surface area contributed by atoms with Crippen molar-refractivity contribution >= 4 is 21.8 Å². The van der Waals surface area contributed by atoms with E-state index in [2.05, 4.69) is 31.2 Å². The first-order chi connectivity index (χ1) is 8.25. The predicted octanol–water partition coefficient (Wildman–Crippen LogP) is 2.17. The Morgan fingerprint density at radius 2 is 2.00 bits per heavy atom. The van der Waals surface area contributed by atoms with Crippen LogP contribution in [0.25, 0.3) is 0 Å². The summed E-state index contributed by atoms with van der Waals surface area (Å²) < 4.78 is 0.758. The molecule has 0 aliphatic carbocycles. The molecule has 0 saturated heterocycles. The van der Waals surface area contributed by atoms with Crippen LogP contribution in [0.1, 0.15) is 16.1 Å². The van der Waals surface area contributed by atoms with Crippen LogP contribution in [0.4, 0.5) is 0 Å². The van der Waals surface area contributed by atoms with Crippen molar-refractivity contribution in [3.8, 4) is 0 Å². The Morgan fingerprint density at radius 1 is 1.24 bits per heavy atom. The molecule has 2 heterocycles. The molecule has 0 fully saturated rings. The van der Waals surface area contributed by atoms with Crippen LogP contribution in [0, 0.1) is 0 Å². The first-order valence-electron chi connectivity index (χ1n) is 5.05. The zero-order valence-electron chi connectivity index (χ0n) is 8.93. The number of carbonyl (C=O) groups excluding carboxylic acids is 1. The highest BCUT2D eigenvalue weighted by Crippen LogP contribution is 2.06. The second kappa shape index (κ2) is 5.54. The molecule has 0 aliphatic heterocycles. The summed E-state index contributed by atoms with van der Waals surface area (Å²) in [6.07, 6.45) is 3.18. The van der Waals surface area contributed by atoms with Crippen molar-refractivity contribution in [3.63, 3.8) is 0 Å². The average molecular weight is 292 g/mol. The molecule has 2 rings (SSSR count). The van der Waals surface area contributed by atoms with E-state index in [0.29, 0.717) is 12.1 Å². The monoisotopic (exact) mass is 291 g/mol. The lowest BCUT2D eigenvalue weighted by molar-refractivity contribution is 0.0950. The highest BCUT2D eigenvalue weighted by atomic mass is 79.9. The topological polar surface area (TPSA) is 54.9 Å². The molecule has 1 N–H and O–H groups in total. The zero-order valence-corrected chi connectivity index (χ0v) is 10.5. The molecule has 86 valence electrons. The summed E-state index contributed by atoms with van der Waals surface area (Å²) in [6.45, 7) is 0.403. The highest BCUT2D eigenvalue weighted by Gasteiger charge is 2.04. The Labute approximate surface area is 107 Å². The maximum atomic E-state index is 11.7. The van der Waals surface area contributed by atoms with Gasteiger partial charge in [0.05, 0.1) is 12.2 Å². The van der Waals surface area contributed by atoms with Gasteiger partial charge >= 0.3 is 0 Å². The third-order valence-corrected chi connectivity index (χ3v) is 2.59. The van der Waals surface area contributed by atoms with Crippen LogP contribution in [-0.2, 0) is 6.54 Å². The van der Waals surface area contributed by atoms with Crippen molar-refractivity contribution in [1.29, 1.82) is 0 Å². The van der Waals surface area contributed by atoms with E-state index >= 15 is 0 Å². The molecule has 2 aromatic heterocycles. The second-order valence-electron chi connectivity index (χ2n) is 3.37. The van der Waals surface area contributed by atoms with Crippen LogP contribution >= 0.6 is 15.9 Å². The summed E-state index contributed by atoms with van der Waals surface area (Å²) in [5.41, 5.74) is 1.40. The third kappa shape index (κ3) is 3.35. The van der Waals surface area contributed by atoms with E-state index in [-0.39, 0.29) is 5.91 Å². The Morgan fingerprint density at radius 3 is 2.71 bits per heavy atom. The first-order valence-corrected chi connectivity index (χ1v) is 5.84. The molecular weight excluding hydrogens is 282 g/mol. The molecule has 2 aromatic rings. The summed E-state index contributed by atoms with van der Waals surface area (Å²) >= 11 is 3.28. The van der Waals surface area contributed by atoms with E-state index < -0.39 is 0 Å². The van der Waals surface area contributed by atoms with Gasteiger partial charge in [-0.2, -0.15) is 0 Å². The van der Waals surface area contributed by atoms with Crippen LogP contribution in [0.3, 0.4) is 0 Å². The maximum Gasteiger partial charge on any atom is 0.251 e. The van der Waals surface area contributed by atoms with E-state index in [4.69, 9.17) is 0 Å². The standard InChI is InChI=1S/C12H10BrN3O/c13-11-3-1-2-10(16-11)8-15-12(17)9-4-6-14-7-5-9/h1-7H,8H2,(H,15,17). The van der Waals surface area contributed by atoms with Crippen LogP contribution < -0.4 is 5.32 Å². The van der Waals surface area contributed by atoms with Crippen molar-refractivity contribution in [2.24, 2.45) is 0 Å². The number of nitrogens with one attached hydrogen (secondary N) is 1. The predicted molar refractivity (Wildman–Crippen MR) is 67.3 cm³/mol. The largest absolute Gasteiger partial charge is 0.346 e. The van der Waals surface area contributed by atoms with E-state index in [9.17, 15) is 4.79 Å². The Balaban J connectivity index is 1.97. The minimum atomic E-state index is -0.130. The van der Waals surface area contributed by atoms with Crippen molar-refractivity contribution < 1.29 is 4.79 Å². The Hall–Kier alpha value is -1.75. The third-order valence-electron chi connectivity index (χ3n) is 2.15. The fourth-order valence-electron chi connectivity index (χ4n) is 1.32. The van der Waals surface area contributed by atoms with E-state index in [1.807, 2.05) is 18.2 Å². The molecule has 0 saturated carbocycles. The normalized spacial score (nSPS) is 9.94. The van der Waals surface area contributed by atoms with Gasteiger partial charge in [-0.15, -0.1) is 0 Å². The number of aromatic nitrogens is 2. The highest BCUT2D eigenvalue weighted by molar-refractivity contribution is 9.10. The SMILES string of the molecule is O=C(NCc1cccc(Br)n1)c1ccncc1. The van der Waals surface area contributed by atoms with Crippen LogP contribution in [0.2, 0.25) is 0 Å². The number of pyridine rings is 2. The fourth-order valence-corrected chi connectivity index (χ4v) is 1.71. The first kappa shape index (κ1) is 11.7. The lowest BCUT2D eigenvalue weighted by Gasteiger charge is -2.04. The number of nitrogens with zero attached hydrogens (tertiary/aromatic N) is 2. The van der Waals surface area contributed by atoms with Gasteiger partial charge in [0.25, 0.3) is 5.91 Å². The molecule has 0 radical (unpaired) electrons. The maximum absolute atomic E-state index is 11.7. The molecule has 0 bridgehead atoms. The van der Waals surface area contributed by atoms with Crippen molar-refractivity contribution in [2.75, 3.05) is 0 Å². The number of amides is 1. The van der Waals surface area contributed by atoms with Gasteiger partial charge in [0, 0.05) is 18.0 Å². The van der Waals surface area contributed by atoms with Gasteiger partial charge in [-0.1, -0.05) is 6.07 Å². The summed E-state index contributed by atoms with van der Waals surface area (Å²) in [7, 11) is 0. The molecule has 5 heteroatoms. The van der Waals surface area contributed by atoms with Crippen molar-refractivity contribution in [1.82, 2.24) is 15.3 Å². The van der Waals surface area contributed by atoms with Gasteiger partial charge in [0.2, 0.25) is 0 Å². The molecule has 0 aliphatic rings. The van der Waals surface area contributed by atoms with E-state index in [0.717, 1.165) is 10.3 Å². The summed E-state index contributed by atoms with van der Waals surface area (Å²) in [5.74, 6) is -0.130.